The molecule has 0 heterocycles. The first-order valence-corrected chi connectivity index (χ1v) is 7.34. The molecule has 0 atom stereocenters. The molecule has 1 aliphatic rings. The van der Waals surface area contributed by atoms with Crippen LogP contribution in [-0.4, -0.2) is 30.5 Å². The van der Waals surface area contributed by atoms with Crippen molar-refractivity contribution in [3.63, 3.8) is 0 Å². The van der Waals surface area contributed by atoms with Crippen molar-refractivity contribution >= 4 is 5.96 Å². The average molecular weight is 259 g/mol. The van der Waals surface area contributed by atoms with Crippen LogP contribution in [0.15, 0.2) is 35.3 Å². The fourth-order valence-corrected chi connectivity index (χ4v) is 2.22. The summed E-state index contributed by atoms with van der Waals surface area (Å²) >= 11 is 0. The SMILES string of the molecule is CN(C(N)=NCCCCCc1ccccc1)C1CC1. The number of aliphatic imine (C=N–C) groups is 1. The number of hydrogen-bond donors (Lipinski definition) is 1. The van der Waals surface area contributed by atoms with E-state index < -0.39 is 0 Å². The average Bonchev–Trinajstić information content (AvgIpc) is 3.27. The molecule has 1 fully saturated rings. The summed E-state index contributed by atoms with van der Waals surface area (Å²) in [5.74, 6) is 0.713. The van der Waals surface area contributed by atoms with Crippen LogP contribution in [0.25, 0.3) is 0 Å². The summed E-state index contributed by atoms with van der Waals surface area (Å²) in [6, 6.07) is 11.3. The minimum Gasteiger partial charge on any atom is -0.370 e. The van der Waals surface area contributed by atoms with Crippen molar-refractivity contribution in [3.8, 4) is 0 Å². The Morgan fingerprint density at radius 1 is 1.21 bits per heavy atom. The van der Waals surface area contributed by atoms with Crippen LogP contribution in [0.5, 0.6) is 0 Å². The minimum atomic E-state index is 0.654. The maximum absolute atomic E-state index is 5.94. The molecule has 1 aromatic carbocycles. The van der Waals surface area contributed by atoms with Gasteiger partial charge in [0.1, 0.15) is 0 Å². The van der Waals surface area contributed by atoms with Gasteiger partial charge in [-0.3, -0.25) is 4.99 Å². The van der Waals surface area contributed by atoms with E-state index in [1.54, 1.807) is 0 Å². The van der Waals surface area contributed by atoms with Crippen molar-refractivity contribution in [3.05, 3.63) is 35.9 Å². The van der Waals surface area contributed by atoms with Gasteiger partial charge in [-0.15, -0.1) is 0 Å². The Bertz CT molecular complexity index is 396. The molecule has 0 unspecified atom stereocenters. The fraction of sp³-hybridized carbons (Fsp3) is 0.562. The molecule has 2 rings (SSSR count). The molecular formula is C16H25N3. The van der Waals surface area contributed by atoms with Gasteiger partial charge in [-0.1, -0.05) is 36.8 Å². The molecule has 104 valence electrons. The third kappa shape index (κ3) is 4.93. The summed E-state index contributed by atoms with van der Waals surface area (Å²) in [7, 11) is 2.05. The zero-order valence-corrected chi connectivity index (χ0v) is 11.9. The lowest BCUT2D eigenvalue weighted by Crippen LogP contribution is -2.35. The molecule has 0 radical (unpaired) electrons. The lowest BCUT2D eigenvalue weighted by molar-refractivity contribution is 0.486. The molecule has 0 saturated heterocycles. The number of unbranched alkanes of at least 4 members (excludes halogenated alkanes) is 2. The Hall–Kier alpha value is -1.51. The molecule has 1 saturated carbocycles. The van der Waals surface area contributed by atoms with Gasteiger partial charge >= 0.3 is 0 Å². The molecule has 3 heteroatoms. The second kappa shape index (κ2) is 7.17. The molecule has 3 nitrogen and oxygen atoms in total. The number of aryl methyl sites for hydroxylation is 1. The molecule has 2 N–H and O–H groups in total. The smallest absolute Gasteiger partial charge is 0.191 e. The van der Waals surface area contributed by atoms with E-state index in [9.17, 15) is 0 Å². The zero-order chi connectivity index (χ0) is 13.5. The van der Waals surface area contributed by atoms with Crippen LogP contribution in [-0.2, 0) is 6.42 Å². The molecule has 1 aliphatic carbocycles. The van der Waals surface area contributed by atoms with Crippen molar-refractivity contribution in [2.24, 2.45) is 10.7 Å². The summed E-state index contributed by atoms with van der Waals surface area (Å²) < 4.78 is 0. The van der Waals surface area contributed by atoms with Gasteiger partial charge in [-0.05, 0) is 37.7 Å². The van der Waals surface area contributed by atoms with Crippen molar-refractivity contribution in [2.75, 3.05) is 13.6 Å². The molecule has 0 spiro atoms. The Morgan fingerprint density at radius 3 is 2.63 bits per heavy atom. The van der Waals surface area contributed by atoms with E-state index in [1.807, 2.05) is 7.05 Å². The van der Waals surface area contributed by atoms with E-state index in [0.717, 1.165) is 13.0 Å². The maximum Gasteiger partial charge on any atom is 0.191 e. The van der Waals surface area contributed by atoms with Crippen LogP contribution in [0.2, 0.25) is 0 Å². The van der Waals surface area contributed by atoms with Crippen LogP contribution in [0, 0.1) is 0 Å². The van der Waals surface area contributed by atoms with Crippen LogP contribution >= 0.6 is 0 Å². The highest BCUT2D eigenvalue weighted by atomic mass is 15.3. The second-order valence-electron chi connectivity index (χ2n) is 5.38. The molecule has 19 heavy (non-hydrogen) atoms. The van der Waals surface area contributed by atoms with Crippen LogP contribution in [0.3, 0.4) is 0 Å². The molecule has 0 aliphatic heterocycles. The summed E-state index contributed by atoms with van der Waals surface area (Å²) in [6.07, 6.45) is 7.29. The fourth-order valence-electron chi connectivity index (χ4n) is 2.22. The van der Waals surface area contributed by atoms with Gasteiger partial charge < -0.3 is 10.6 Å². The van der Waals surface area contributed by atoms with Gasteiger partial charge in [0.2, 0.25) is 0 Å². The predicted molar refractivity (Wildman–Crippen MR) is 81.3 cm³/mol. The number of benzene rings is 1. The van der Waals surface area contributed by atoms with Gasteiger partial charge in [0.15, 0.2) is 5.96 Å². The highest BCUT2D eigenvalue weighted by Crippen LogP contribution is 2.24. The van der Waals surface area contributed by atoms with Gasteiger partial charge in [0.25, 0.3) is 0 Å². The Labute approximate surface area is 116 Å². The van der Waals surface area contributed by atoms with Crippen molar-refractivity contribution in [1.29, 1.82) is 0 Å². The molecule has 0 amide bonds. The summed E-state index contributed by atoms with van der Waals surface area (Å²) in [5, 5.41) is 0. The molecule has 1 aromatic rings. The topological polar surface area (TPSA) is 41.6 Å². The quantitative estimate of drug-likeness (QED) is 0.465. The third-order valence-corrected chi connectivity index (χ3v) is 3.70. The molecular weight excluding hydrogens is 234 g/mol. The number of nitrogens with two attached hydrogens (primary N) is 1. The van der Waals surface area contributed by atoms with Crippen LogP contribution in [0.4, 0.5) is 0 Å². The number of hydrogen-bond acceptors (Lipinski definition) is 1. The third-order valence-electron chi connectivity index (χ3n) is 3.70. The van der Waals surface area contributed by atoms with E-state index in [-0.39, 0.29) is 0 Å². The van der Waals surface area contributed by atoms with Gasteiger partial charge in [-0.25, -0.2) is 0 Å². The van der Waals surface area contributed by atoms with Gasteiger partial charge in [0.05, 0.1) is 0 Å². The summed E-state index contributed by atoms with van der Waals surface area (Å²) in [4.78, 5) is 6.57. The molecule has 0 bridgehead atoms. The Balaban J connectivity index is 1.55. The van der Waals surface area contributed by atoms with E-state index in [1.165, 1.54) is 37.7 Å². The van der Waals surface area contributed by atoms with Crippen LogP contribution in [0.1, 0.15) is 37.7 Å². The first-order valence-electron chi connectivity index (χ1n) is 7.34. The predicted octanol–water partition coefficient (Wildman–Crippen LogP) is 2.81. The largest absolute Gasteiger partial charge is 0.370 e. The maximum atomic E-state index is 5.94. The molecule has 0 aromatic heterocycles. The first kappa shape index (κ1) is 13.9. The van der Waals surface area contributed by atoms with Gasteiger partial charge in [0, 0.05) is 19.6 Å². The van der Waals surface area contributed by atoms with E-state index in [2.05, 4.69) is 40.2 Å². The summed E-state index contributed by atoms with van der Waals surface area (Å²) in [6.45, 7) is 0.859. The number of nitrogens with zero attached hydrogens (tertiary/aromatic N) is 2. The number of guanidine groups is 1. The monoisotopic (exact) mass is 259 g/mol. The minimum absolute atomic E-state index is 0.654. The number of rotatable bonds is 7. The van der Waals surface area contributed by atoms with Gasteiger partial charge in [-0.2, -0.15) is 0 Å². The second-order valence-corrected chi connectivity index (χ2v) is 5.38. The Morgan fingerprint density at radius 2 is 1.95 bits per heavy atom. The lowest BCUT2D eigenvalue weighted by Gasteiger charge is -2.16. The van der Waals surface area contributed by atoms with Crippen molar-refractivity contribution in [1.82, 2.24) is 4.90 Å². The summed E-state index contributed by atoms with van der Waals surface area (Å²) in [5.41, 5.74) is 7.37. The highest BCUT2D eigenvalue weighted by Gasteiger charge is 2.27. The highest BCUT2D eigenvalue weighted by molar-refractivity contribution is 5.78. The zero-order valence-electron chi connectivity index (χ0n) is 11.9. The van der Waals surface area contributed by atoms with E-state index in [4.69, 9.17) is 5.73 Å². The van der Waals surface area contributed by atoms with Crippen molar-refractivity contribution < 1.29 is 0 Å². The normalized spacial score (nSPS) is 15.5. The Kier molecular flexibility index (Phi) is 5.25. The van der Waals surface area contributed by atoms with E-state index in [0.29, 0.717) is 12.0 Å². The van der Waals surface area contributed by atoms with Crippen molar-refractivity contribution in [2.45, 2.75) is 44.6 Å². The first-order chi connectivity index (χ1) is 9.27. The standard InChI is InChI=1S/C16H25N3/c1-19(15-11-12-15)16(17)18-13-7-3-6-10-14-8-4-2-5-9-14/h2,4-5,8-9,15H,3,6-7,10-13H2,1H3,(H2,17,18). The van der Waals surface area contributed by atoms with E-state index >= 15 is 0 Å². The van der Waals surface area contributed by atoms with Crippen LogP contribution < -0.4 is 5.73 Å². The lowest BCUT2D eigenvalue weighted by atomic mass is 10.1.